The molecule has 116 valence electrons. The van der Waals surface area contributed by atoms with Crippen molar-refractivity contribution in [1.82, 2.24) is 9.78 Å². The van der Waals surface area contributed by atoms with E-state index >= 15 is 0 Å². The summed E-state index contributed by atoms with van der Waals surface area (Å²) in [5.74, 6) is -0.698. The van der Waals surface area contributed by atoms with Crippen molar-refractivity contribution >= 4 is 5.97 Å². The Morgan fingerprint density at radius 1 is 1.04 bits per heavy atom. The molecule has 3 rings (SSSR count). The quantitative estimate of drug-likeness (QED) is 0.760. The van der Waals surface area contributed by atoms with Crippen LogP contribution in [0.2, 0.25) is 0 Å². The Bertz CT molecular complexity index is 783. The number of nitrogens with zero attached hydrogens (tertiary/aromatic N) is 2. The molecule has 0 saturated carbocycles. The SMILES string of the molecule is O=C(O)COc1nn(Cc2ccccc2)cc1-c1ccccc1. The predicted octanol–water partition coefficient (Wildman–Crippen LogP) is 3.06. The van der Waals surface area contributed by atoms with Gasteiger partial charge in [0.2, 0.25) is 5.88 Å². The Balaban J connectivity index is 1.91. The third kappa shape index (κ3) is 3.77. The topological polar surface area (TPSA) is 64.3 Å². The lowest BCUT2D eigenvalue weighted by atomic mass is 10.1. The van der Waals surface area contributed by atoms with Crippen LogP contribution in [0.25, 0.3) is 11.1 Å². The highest BCUT2D eigenvalue weighted by Gasteiger charge is 2.14. The molecule has 0 fully saturated rings. The standard InChI is InChI=1S/C18H16N2O3/c21-17(22)13-23-18-16(15-9-5-2-6-10-15)12-20(19-18)11-14-7-3-1-4-8-14/h1-10,12H,11,13H2,(H,21,22). The fraction of sp³-hybridized carbons (Fsp3) is 0.111. The van der Waals surface area contributed by atoms with Crippen molar-refractivity contribution < 1.29 is 14.6 Å². The van der Waals surface area contributed by atoms with Gasteiger partial charge in [-0.2, -0.15) is 0 Å². The second kappa shape index (κ2) is 6.79. The fourth-order valence-corrected chi connectivity index (χ4v) is 2.31. The number of rotatable bonds is 6. The molecule has 0 bridgehead atoms. The second-order valence-corrected chi connectivity index (χ2v) is 5.08. The van der Waals surface area contributed by atoms with Crippen LogP contribution in [0.3, 0.4) is 0 Å². The monoisotopic (exact) mass is 308 g/mol. The number of hydrogen-bond donors (Lipinski definition) is 1. The first-order valence-corrected chi connectivity index (χ1v) is 7.24. The lowest BCUT2D eigenvalue weighted by molar-refractivity contribution is -0.139. The smallest absolute Gasteiger partial charge is 0.341 e. The maximum absolute atomic E-state index is 10.8. The van der Waals surface area contributed by atoms with E-state index in [1.807, 2.05) is 66.9 Å². The molecule has 0 aliphatic heterocycles. The van der Waals surface area contributed by atoms with Crippen molar-refractivity contribution in [2.45, 2.75) is 6.54 Å². The van der Waals surface area contributed by atoms with E-state index in [1.165, 1.54) is 0 Å². The largest absolute Gasteiger partial charge is 0.479 e. The molecular formula is C18H16N2O3. The summed E-state index contributed by atoms with van der Waals surface area (Å²) in [7, 11) is 0. The summed E-state index contributed by atoms with van der Waals surface area (Å²) in [6.45, 7) is 0.180. The van der Waals surface area contributed by atoms with Crippen molar-refractivity contribution in [2.24, 2.45) is 0 Å². The third-order valence-corrected chi connectivity index (χ3v) is 3.33. The molecular weight excluding hydrogens is 292 g/mol. The van der Waals surface area contributed by atoms with Crippen LogP contribution in [0.5, 0.6) is 5.88 Å². The summed E-state index contributed by atoms with van der Waals surface area (Å²) in [4.78, 5) is 10.8. The number of carboxylic acids is 1. The first kappa shape index (κ1) is 14.8. The molecule has 0 saturated heterocycles. The minimum atomic E-state index is -1.03. The highest BCUT2D eigenvalue weighted by Crippen LogP contribution is 2.28. The highest BCUT2D eigenvalue weighted by molar-refractivity contribution is 5.71. The zero-order valence-electron chi connectivity index (χ0n) is 12.4. The summed E-state index contributed by atoms with van der Waals surface area (Å²) in [6.07, 6.45) is 1.87. The second-order valence-electron chi connectivity index (χ2n) is 5.08. The highest BCUT2D eigenvalue weighted by atomic mass is 16.5. The Labute approximate surface area is 133 Å². The first-order chi connectivity index (χ1) is 11.2. The Hall–Kier alpha value is -3.08. The molecule has 1 N–H and O–H groups in total. The number of aliphatic carboxylic acids is 1. The average Bonchev–Trinajstić information content (AvgIpc) is 2.97. The minimum absolute atomic E-state index is 0.328. The molecule has 5 nitrogen and oxygen atoms in total. The van der Waals surface area contributed by atoms with Crippen LogP contribution in [0, 0.1) is 0 Å². The normalized spacial score (nSPS) is 10.4. The Morgan fingerprint density at radius 2 is 1.70 bits per heavy atom. The van der Waals surface area contributed by atoms with Gasteiger partial charge in [-0.1, -0.05) is 60.7 Å². The fourth-order valence-electron chi connectivity index (χ4n) is 2.31. The van der Waals surface area contributed by atoms with E-state index in [0.29, 0.717) is 12.4 Å². The van der Waals surface area contributed by atoms with Crippen molar-refractivity contribution in [3.05, 3.63) is 72.4 Å². The van der Waals surface area contributed by atoms with E-state index in [-0.39, 0.29) is 0 Å². The van der Waals surface area contributed by atoms with Crippen molar-refractivity contribution in [2.75, 3.05) is 6.61 Å². The van der Waals surface area contributed by atoms with Crippen molar-refractivity contribution in [3.63, 3.8) is 0 Å². The lowest BCUT2D eigenvalue weighted by Crippen LogP contribution is -2.10. The van der Waals surface area contributed by atoms with Crippen LogP contribution in [-0.4, -0.2) is 27.5 Å². The molecule has 0 atom stereocenters. The van der Waals surface area contributed by atoms with Gasteiger partial charge in [-0.05, 0) is 11.1 Å². The van der Waals surface area contributed by atoms with Gasteiger partial charge in [0, 0.05) is 6.20 Å². The number of carbonyl (C=O) groups is 1. The summed E-state index contributed by atoms with van der Waals surface area (Å²) < 4.78 is 7.10. The number of hydrogen-bond acceptors (Lipinski definition) is 3. The average molecular weight is 308 g/mol. The number of ether oxygens (including phenoxy) is 1. The van der Waals surface area contributed by atoms with Gasteiger partial charge in [-0.3, -0.25) is 4.68 Å². The zero-order chi connectivity index (χ0) is 16.1. The van der Waals surface area contributed by atoms with E-state index in [1.54, 1.807) is 4.68 Å². The number of aromatic nitrogens is 2. The molecule has 23 heavy (non-hydrogen) atoms. The summed E-state index contributed by atoms with van der Waals surface area (Å²) in [5, 5.41) is 13.2. The maximum Gasteiger partial charge on any atom is 0.341 e. The molecule has 1 heterocycles. The van der Waals surface area contributed by atoms with E-state index in [2.05, 4.69) is 5.10 Å². The minimum Gasteiger partial charge on any atom is -0.479 e. The molecule has 5 heteroatoms. The molecule has 0 spiro atoms. The molecule has 2 aromatic carbocycles. The third-order valence-electron chi connectivity index (χ3n) is 3.33. The Morgan fingerprint density at radius 3 is 2.35 bits per heavy atom. The van der Waals surface area contributed by atoms with Gasteiger partial charge in [0.25, 0.3) is 0 Å². The summed E-state index contributed by atoms with van der Waals surface area (Å²) in [6, 6.07) is 19.6. The number of benzene rings is 2. The van der Waals surface area contributed by atoms with Crippen molar-refractivity contribution in [3.8, 4) is 17.0 Å². The van der Waals surface area contributed by atoms with Gasteiger partial charge in [0.05, 0.1) is 12.1 Å². The number of carboxylic acid groups (broad SMARTS) is 1. The molecule has 0 aliphatic carbocycles. The Kier molecular flexibility index (Phi) is 4.38. The van der Waals surface area contributed by atoms with Gasteiger partial charge in [-0.15, -0.1) is 5.10 Å². The van der Waals surface area contributed by atoms with Gasteiger partial charge in [0.1, 0.15) is 0 Å². The van der Waals surface area contributed by atoms with E-state index in [9.17, 15) is 4.79 Å². The van der Waals surface area contributed by atoms with Gasteiger partial charge in [0.15, 0.2) is 6.61 Å². The first-order valence-electron chi connectivity index (χ1n) is 7.24. The molecule has 1 aromatic heterocycles. The molecule has 0 unspecified atom stereocenters. The van der Waals surface area contributed by atoms with Crippen LogP contribution >= 0.6 is 0 Å². The maximum atomic E-state index is 10.8. The van der Waals surface area contributed by atoms with E-state index in [4.69, 9.17) is 9.84 Å². The predicted molar refractivity (Wildman–Crippen MR) is 86.3 cm³/mol. The van der Waals surface area contributed by atoms with Gasteiger partial charge in [-0.25, -0.2) is 4.79 Å². The van der Waals surface area contributed by atoms with Crippen LogP contribution in [0.15, 0.2) is 66.9 Å². The van der Waals surface area contributed by atoms with Gasteiger partial charge >= 0.3 is 5.97 Å². The van der Waals surface area contributed by atoms with Crippen molar-refractivity contribution in [1.29, 1.82) is 0 Å². The van der Waals surface area contributed by atoms with E-state index < -0.39 is 12.6 Å². The molecule has 0 radical (unpaired) electrons. The zero-order valence-corrected chi connectivity index (χ0v) is 12.4. The van der Waals surface area contributed by atoms with Crippen LogP contribution < -0.4 is 4.74 Å². The molecule has 0 aliphatic rings. The molecule has 3 aromatic rings. The van der Waals surface area contributed by atoms with Gasteiger partial charge < -0.3 is 9.84 Å². The van der Waals surface area contributed by atoms with Crippen LogP contribution in [0.1, 0.15) is 5.56 Å². The van der Waals surface area contributed by atoms with Crippen LogP contribution in [-0.2, 0) is 11.3 Å². The lowest BCUT2D eigenvalue weighted by Gasteiger charge is -2.02. The summed E-state index contributed by atoms with van der Waals surface area (Å²) >= 11 is 0. The molecule has 0 amide bonds. The van der Waals surface area contributed by atoms with Crippen LogP contribution in [0.4, 0.5) is 0 Å². The summed E-state index contributed by atoms with van der Waals surface area (Å²) in [5.41, 5.74) is 2.83. The van der Waals surface area contributed by atoms with E-state index in [0.717, 1.165) is 16.7 Å².